The second-order valence-corrected chi connectivity index (χ2v) is 10.8. The molecule has 1 saturated carbocycles. The first-order valence-electron chi connectivity index (χ1n) is 13.7. The highest BCUT2D eigenvalue weighted by molar-refractivity contribution is 5.96. The number of unbranched alkanes of at least 4 members (excludes halogenated alkanes) is 2. The number of hydrogen-bond acceptors (Lipinski definition) is 3. The fourth-order valence-corrected chi connectivity index (χ4v) is 4.61. The Kier molecular flexibility index (Phi) is 10.7. The SMILES string of the molecule is CC(C)NC(=O)NCCCCCN(c1cccc(-c2ccc(OC(C)C)cc2)c1)C(=O)[C@H]1C[C@H](C(F)(F)F)C1. The molecule has 2 aromatic rings. The van der Waals surface area contributed by atoms with Gasteiger partial charge in [-0.1, -0.05) is 24.3 Å². The number of nitrogens with zero attached hydrogens (tertiary/aromatic N) is 1. The van der Waals surface area contributed by atoms with E-state index in [1.807, 2.05) is 76.2 Å². The molecule has 3 amide bonds. The zero-order chi connectivity index (χ0) is 28.6. The average molecular weight is 548 g/mol. The minimum atomic E-state index is -4.26. The molecule has 0 spiro atoms. The van der Waals surface area contributed by atoms with E-state index in [1.54, 1.807) is 4.90 Å². The molecule has 2 N–H and O–H groups in total. The number of benzene rings is 2. The summed E-state index contributed by atoms with van der Waals surface area (Å²) in [5, 5.41) is 5.57. The van der Waals surface area contributed by atoms with Crippen molar-refractivity contribution in [3.8, 4) is 16.9 Å². The molecule has 9 heteroatoms. The fraction of sp³-hybridized carbons (Fsp3) is 0.533. The van der Waals surface area contributed by atoms with Crippen molar-refractivity contribution >= 4 is 17.6 Å². The fourth-order valence-electron chi connectivity index (χ4n) is 4.61. The van der Waals surface area contributed by atoms with E-state index in [9.17, 15) is 22.8 Å². The summed E-state index contributed by atoms with van der Waals surface area (Å²) in [7, 11) is 0. The van der Waals surface area contributed by atoms with Gasteiger partial charge in [-0.3, -0.25) is 4.79 Å². The molecule has 0 unspecified atom stereocenters. The van der Waals surface area contributed by atoms with Crippen molar-refractivity contribution in [1.82, 2.24) is 10.6 Å². The first-order valence-corrected chi connectivity index (χ1v) is 13.7. The van der Waals surface area contributed by atoms with E-state index in [2.05, 4.69) is 10.6 Å². The Morgan fingerprint density at radius 1 is 0.974 bits per heavy atom. The highest BCUT2D eigenvalue weighted by Gasteiger charge is 2.50. The zero-order valence-corrected chi connectivity index (χ0v) is 23.2. The molecule has 0 saturated heterocycles. The molecule has 1 fully saturated rings. The lowest BCUT2D eigenvalue weighted by Crippen LogP contribution is -2.46. The van der Waals surface area contributed by atoms with Crippen molar-refractivity contribution in [3.63, 3.8) is 0 Å². The largest absolute Gasteiger partial charge is 0.491 e. The second-order valence-electron chi connectivity index (χ2n) is 10.8. The molecule has 1 aliphatic carbocycles. The number of ether oxygens (including phenoxy) is 1. The van der Waals surface area contributed by atoms with E-state index >= 15 is 0 Å². The minimum absolute atomic E-state index is 0.0510. The summed E-state index contributed by atoms with van der Waals surface area (Å²) in [5.74, 6) is -1.53. The molecular weight excluding hydrogens is 507 g/mol. The third kappa shape index (κ3) is 9.18. The summed E-state index contributed by atoms with van der Waals surface area (Å²) >= 11 is 0. The number of rotatable bonds is 12. The van der Waals surface area contributed by atoms with Gasteiger partial charge in [0.15, 0.2) is 0 Å². The lowest BCUT2D eigenvalue weighted by atomic mass is 9.73. The number of urea groups is 1. The van der Waals surface area contributed by atoms with Crippen molar-refractivity contribution in [2.45, 2.75) is 78.1 Å². The van der Waals surface area contributed by atoms with Gasteiger partial charge in [0.2, 0.25) is 5.91 Å². The van der Waals surface area contributed by atoms with Gasteiger partial charge in [0.25, 0.3) is 0 Å². The molecule has 0 radical (unpaired) electrons. The predicted octanol–water partition coefficient (Wildman–Crippen LogP) is 6.94. The standard InChI is InChI=1S/C30H40F3N3O3/c1-20(2)35-29(38)34-15-6-5-7-16-36(28(37)24-17-25(18-24)30(31,32)33)26-10-8-9-23(19-26)22-11-13-27(14-12-22)39-21(3)4/h8-14,19-21,24-25H,5-7,15-18H2,1-4H3,(H2,34,35,38)/t24-,25-. The van der Waals surface area contributed by atoms with Crippen LogP contribution >= 0.6 is 0 Å². The van der Waals surface area contributed by atoms with Crippen LogP contribution in [0.1, 0.15) is 59.8 Å². The molecule has 0 atom stereocenters. The highest BCUT2D eigenvalue weighted by Crippen LogP contribution is 2.45. The van der Waals surface area contributed by atoms with Gasteiger partial charge in [-0.05, 0) is 95.2 Å². The number of amides is 3. The molecular formula is C30H40F3N3O3. The maximum absolute atomic E-state index is 13.4. The molecule has 1 aliphatic rings. The molecule has 2 aromatic carbocycles. The summed E-state index contributed by atoms with van der Waals surface area (Å²) in [6.45, 7) is 8.60. The molecule has 0 aromatic heterocycles. The second kappa shape index (κ2) is 13.7. The Morgan fingerprint density at radius 3 is 2.28 bits per heavy atom. The number of nitrogens with one attached hydrogen (secondary N) is 2. The first-order chi connectivity index (χ1) is 18.4. The molecule has 214 valence electrons. The Morgan fingerprint density at radius 2 is 1.67 bits per heavy atom. The van der Waals surface area contributed by atoms with E-state index in [4.69, 9.17) is 4.74 Å². The van der Waals surface area contributed by atoms with Crippen molar-refractivity contribution in [1.29, 1.82) is 0 Å². The maximum Gasteiger partial charge on any atom is 0.391 e. The van der Waals surface area contributed by atoms with Crippen molar-refractivity contribution in [2.75, 3.05) is 18.0 Å². The van der Waals surface area contributed by atoms with Crippen LogP contribution in [-0.4, -0.2) is 43.3 Å². The Hall–Kier alpha value is -3.23. The molecule has 0 bridgehead atoms. The Balaban J connectivity index is 1.67. The number of carbonyl (C=O) groups is 2. The van der Waals surface area contributed by atoms with Crippen LogP contribution < -0.4 is 20.3 Å². The number of anilines is 1. The van der Waals surface area contributed by atoms with Crippen molar-refractivity contribution < 1.29 is 27.5 Å². The third-order valence-electron chi connectivity index (χ3n) is 6.70. The van der Waals surface area contributed by atoms with Crippen LogP contribution in [0.2, 0.25) is 0 Å². The molecule has 0 heterocycles. The van der Waals surface area contributed by atoms with Crippen LogP contribution in [0.5, 0.6) is 5.75 Å². The quantitative estimate of drug-likeness (QED) is 0.283. The number of carbonyl (C=O) groups excluding carboxylic acids is 2. The van der Waals surface area contributed by atoms with Gasteiger partial charge in [-0.2, -0.15) is 13.2 Å². The smallest absolute Gasteiger partial charge is 0.391 e. The molecule has 39 heavy (non-hydrogen) atoms. The van der Waals surface area contributed by atoms with Crippen molar-refractivity contribution in [3.05, 3.63) is 48.5 Å². The van der Waals surface area contributed by atoms with Crippen LogP contribution in [0, 0.1) is 11.8 Å². The van der Waals surface area contributed by atoms with E-state index in [-0.39, 0.29) is 36.9 Å². The third-order valence-corrected chi connectivity index (χ3v) is 6.70. The number of alkyl halides is 3. The summed E-state index contributed by atoms with van der Waals surface area (Å²) < 4.78 is 45.0. The first kappa shape index (κ1) is 30.3. The summed E-state index contributed by atoms with van der Waals surface area (Å²) in [4.78, 5) is 26.7. The molecule has 0 aliphatic heterocycles. The molecule has 3 rings (SSSR count). The van der Waals surface area contributed by atoms with E-state index in [0.29, 0.717) is 25.2 Å². The van der Waals surface area contributed by atoms with Crippen molar-refractivity contribution in [2.24, 2.45) is 11.8 Å². The van der Waals surface area contributed by atoms with Gasteiger partial charge in [0.05, 0.1) is 12.0 Å². The minimum Gasteiger partial charge on any atom is -0.491 e. The lowest BCUT2D eigenvalue weighted by Gasteiger charge is -2.38. The number of halogens is 3. The average Bonchev–Trinajstić information content (AvgIpc) is 2.81. The normalized spacial score (nSPS) is 17.1. The van der Waals surface area contributed by atoms with Crippen LogP contribution in [0.3, 0.4) is 0 Å². The summed E-state index contributed by atoms with van der Waals surface area (Å²) in [6, 6.07) is 15.1. The monoisotopic (exact) mass is 547 g/mol. The van der Waals surface area contributed by atoms with Crippen LogP contribution in [-0.2, 0) is 4.79 Å². The highest BCUT2D eigenvalue weighted by atomic mass is 19.4. The van der Waals surface area contributed by atoms with Gasteiger partial charge in [-0.25, -0.2) is 4.79 Å². The lowest BCUT2D eigenvalue weighted by molar-refractivity contribution is -0.204. The Labute approximate surface area is 229 Å². The van der Waals surface area contributed by atoms with Crippen LogP contribution in [0.4, 0.5) is 23.7 Å². The van der Waals surface area contributed by atoms with Gasteiger partial charge >= 0.3 is 12.2 Å². The van der Waals surface area contributed by atoms with Gasteiger partial charge < -0.3 is 20.3 Å². The van der Waals surface area contributed by atoms with Gasteiger partial charge in [-0.15, -0.1) is 0 Å². The van der Waals surface area contributed by atoms with Gasteiger partial charge in [0, 0.05) is 30.7 Å². The van der Waals surface area contributed by atoms with E-state index in [0.717, 1.165) is 29.7 Å². The maximum atomic E-state index is 13.4. The van der Waals surface area contributed by atoms with Crippen LogP contribution in [0.25, 0.3) is 11.1 Å². The Bertz CT molecular complexity index is 1080. The zero-order valence-electron chi connectivity index (χ0n) is 23.2. The van der Waals surface area contributed by atoms with E-state index in [1.165, 1.54) is 0 Å². The van der Waals surface area contributed by atoms with Gasteiger partial charge in [0.1, 0.15) is 5.75 Å². The topological polar surface area (TPSA) is 70.7 Å². The summed E-state index contributed by atoms with van der Waals surface area (Å²) in [6.07, 6.45) is -2.36. The molecule has 6 nitrogen and oxygen atoms in total. The number of hydrogen-bond donors (Lipinski definition) is 2. The van der Waals surface area contributed by atoms with E-state index < -0.39 is 18.0 Å². The predicted molar refractivity (Wildman–Crippen MR) is 148 cm³/mol. The van der Waals surface area contributed by atoms with Crippen LogP contribution in [0.15, 0.2) is 48.5 Å². The summed E-state index contributed by atoms with van der Waals surface area (Å²) in [5.41, 5.74) is 2.53.